The lowest BCUT2D eigenvalue weighted by atomic mass is 9.84. The summed E-state index contributed by atoms with van der Waals surface area (Å²) in [5.41, 5.74) is 2.63. The van der Waals surface area contributed by atoms with Crippen LogP contribution in [0.4, 0.5) is 5.69 Å². The largest absolute Gasteiger partial charge is 0.493 e. The van der Waals surface area contributed by atoms with Gasteiger partial charge in [0.05, 0.1) is 18.1 Å². The molecule has 1 heterocycles. The highest BCUT2D eigenvalue weighted by molar-refractivity contribution is 7.80. The fourth-order valence-corrected chi connectivity index (χ4v) is 4.35. The molecule has 9 heteroatoms. The molecule has 1 aliphatic carbocycles. The molecular weight excluding hydrogens is 430 g/mol. The number of nitrogens with zero attached hydrogens (tertiary/aromatic N) is 2. The van der Waals surface area contributed by atoms with E-state index < -0.39 is 11.0 Å². The van der Waals surface area contributed by atoms with Gasteiger partial charge in [0.2, 0.25) is 5.75 Å². The summed E-state index contributed by atoms with van der Waals surface area (Å²) in [4.78, 5) is 26.0. The minimum atomic E-state index is -0.586. The number of carbonyl (C=O) groups is 1. The van der Waals surface area contributed by atoms with E-state index in [0.717, 1.165) is 24.1 Å². The van der Waals surface area contributed by atoms with E-state index in [-0.39, 0.29) is 29.6 Å². The van der Waals surface area contributed by atoms with Crippen molar-refractivity contribution < 1.29 is 19.2 Å². The third kappa shape index (κ3) is 4.03. The van der Waals surface area contributed by atoms with Crippen LogP contribution in [-0.2, 0) is 11.4 Å². The summed E-state index contributed by atoms with van der Waals surface area (Å²) in [5, 5.41) is 15.6. The SMILES string of the molecule is COc1cc(C2NC(=S)N(C)C3=C2C(=O)CCC3)cc([N+](=O)[O-])c1OCc1ccccc1. The maximum absolute atomic E-state index is 12.8. The van der Waals surface area contributed by atoms with E-state index >= 15 is 0 Å². The number of hydrogen-bond acceptors (Lipinski definition) is 6. The summed E-state index contributed by atoms with van der Waals surface area (Å²) >= 11 is 5.46. The topological polar surface area (TPSA) is 93.9 Å². The lowest BCUT2D eigenvalue weighted by molar-refractivity contribution is -0.386. The first kappa shape index (κ1) is 21.8. The standard InChI is InChI=1S/C23H23N3O5S/c1-25-16-9-6-10-18(27)20(16)21(24-23(25)32)15-11-17(26(28)29)22(19(12-15)30-2)31-13-14-7-4-3-5-8-14/h3-5,7-8,11-12,21H,6,9-10,13H2,1-2H3,(H,24,32). The lowest BCUT2D eigenvalue weighted by Crippen LogP contribution is -2.47. The van der Waals surface area contributed by atoms with Crippen molar-refractivity contribution in [2.45, 2.75) is 31.9 Å². The van der Waals surface area contributed by atoms with E-state index in [1.54, 1.807) is 11.0 Å². The highest BCUT2D eigenvalue weighted by atomic mass is 32.1. The van der Waals surface area contributed by atoms with E-state index in [2.05, 4.69) is 5.32 Å². The molecule has 2 aliphatic rings. The summed E-state index contributed by atoms with van der Waals surface area (Å²) in [6, 6.07) is 11.9. The van der Waals surface area contributed by atoms with Crippen LogP contribution < -0.4 is 14.8 Å². The maximum atomic E-state index is 12.8. The number of carbonyl (C=O) groups excluding carboxylic acids is 1. The normalized spacial score (nSPS) is 18.2. The molecule has 2 aromatic rings. The molecule has 1 aliphatic heterocycles. The molecule has 1 atom stereocenters. The predicted molar refractivity (Wildman–Crippen MR) is 123 cm³/mol. The van der Waals surface area contributed by atoms with Gasteiger partial charge in [-0.05, 0) is 42.3 Å². The molecule has 1 unspecified atom stereocenters. The van der Waals surface area contributed by atoms with E-state index in [4.69, 9.17) is 21.7 Å². The van der Waals surface area contributed by atoms with Gasteiger partial charge in [-0.2, -0.15) is 0 Å². The molecule has 4 rings (SSSR count). The van der Waals surface area contributed by atoms with Gasteiger partial charge >= 0.3 is 5.69 Å². The first-order valence-electron chi connectivity index (χ1n) is 10.2. The van der Waals surface area contributed by atoms with Crippen LogP contribution in [0.2, 0.25) is 0 Å². The van der Waals surface area contributed by atoms with Crippen molar-refractivity contribution in [2.75, 3.05) is 14.2 Å². The van der Waals surface area contributed by atoms with Crippen LogP contribution in [0.15, 0.2) is 53.7 Å². The quantitative estimate of drug-likeness (QED) is 0.398. The third-order valence-electron chi connectivity index (χ3n) is 5.73. The summed E-state index contributed by atoms with van der Waals surface area (Å²) in [7, 11) is 3.25. The first-order valence-corrected chi connectivity index (χ1v) is 10.6. The van der Waals surface area contributed by atoms with Gasteiger partial charge in [0.15, 0.2) is 16.6 Å². The van der Waals surface area contributed by atoms with Gasteiger partial charge < -0.3 is 19.7 Å². The maximum Gasteiger partial charge on any atom is 0.315 e. The molecule has 0 aromatic heterocycles. The second kappa shape index (κ2) is 8.96. The number of nitrogens with one attached hydrogen (secondary N) is 1. The smallest absolute Gasteiger partial charge is 0.315 e. The van der Waals surface area contributed by atoms with Gasteiger partial charge in [0.1, 0.15) is 6.61 Å². The number of ketones is 1. The van der Waals surface area contributed by atoms with Crippen molar-refractivity contribution in [3.63, 3.8) is 0 Å². The van der Waals surface area contributed by atoms with Crippen molar-refractivity contribution in [1.82, 2.24) is 10.2 Å². The fourth-order valence-electron chi connectivity index (χ4n) is 4.12. The van der Waals surface area contributed by atoms with Crippen LogP contribution in [0.5, 0.6) is 11.5 Å². The van der Waals surface area contributed by atoms with E-state index in [9.17, 15) is 14.9 Å². The molecule has 32 heavy (non-hydrogen) atoms. The Labute approximate surface area is 191 Å². The average Bonchev–Trinajstić information content (AvgIpc) is 2.80. The van der Waals surface area contributed by atoms with E-state index in [1.165, 1.54) is 13.2 Å². The van der Waals surface area contributed by atoms with Gasteiger partial charge in [-0.25, -0.2) is 0 Å². The highest BCUT2D eigenvalue weighted by Gasteiger charge is 2.37. The number of nitro groups is 1. The number of hydrogen-bond donors (Lipinski definition) is 1. The summed E-state index contributed by atoms with van der Waals surface area (Å²) in [6.07, 6.45) is 1.93. The minimum Gasteiger partial charge on any atom is -0.493 e. The van der Waals surface area contributed by atoms with Crippen LogP contribution in [-0.4, -0.2) is 34.9 Å². The molecule has 0 saturated carbocycles. The molecule has 0 saturated heterocycles. The average molecular weight is 454 g/mol. The number of benzene rings is 2. The Morgan fingerprint density at radius 1 is 1.25 bits per heavy atom. The molecule has 1 N–H and O–H groups in total. The van der Waals surface area contributed by atoms with Gasteiger partial charge in [-0.3, -0.25) is 14.9 Å². The zero-order valence-electron chi connectivity index (χ0n) is 17.8. The number of rotatable bonds is 6. The molecule has 2 aromatic carbocycles. The van der Waals surface area contributed by atoms with Crippen molar-refractivity contribution in [3.05, 3.63) is 75.0 Å². The van der Waals surface area contributed by atoms with Crippen molar-refractivity contribution in [3.8, 4) is 11.5 Å². The summed E-state index contributed by atoms with van der Waals surface area (Å²) in [5.74, 6) is 0.288. The van der Waals surface area contributed by atoms with Crippen LogP contribution >= 0.6 is 12.2 Å². The van der Waals surface area contributed by atoms with Gasteiger partial charge in [0, 0.05) is 30.8 Å². The monoisotopic (exact) mass is 453 g/mol. The number of allylic oxidation sites excluding steroid dienone is 1. The Hall–Kier alpha value is -3.46. The molecule has 0 bridgehead atoms. The Morgan fingerprint density at radius 2 is 2.00 bits per heavy atom. The zero-order valence-corrected chi connectivity index (χ0v) is 18.6. The zero-order chi connectivity index (χ0) is 22.8. The van der Waals surface area contributed by atoms with Crippen LogP contribution in [0.1, 0.15) is 36.4 Å². The highest BCUT2D eigenvalue weighted by Crippen LogP contribution is 2.44. The first-order chi connectivity index (χ1) is 15.4. The predicted octanol–water partition coefficient (Wildman–Crippen LogP) is 4.05. The van der Waals surface area contributed by atoms with Crippen LogP contribution in [0, 0.1) is 10.1 Å². The second-order valence-corrected chi connectivity index (χ2v) is 8.07. The van der Waals surface area contributed by atoms with E-state index in [1.807, 2.05) is 37.4 Å². The Kier molecular flexibility index (Phi) is 6.09. The summed E-state index contributed by atoms with van der Waals surface area (Å²) in [6.45, 7) is 0.154. The number of ether oxygens (including phenoxy) is 2. The van der Waals surface area contributed by atoms with Crippen LogP contribution in [0.25, 0.3) is 0 Å². The third-order valence-corrected chi connectivity index (χ3v) is 6.12. The second-order valence-electron chi connectivity index (χ2n) is 7.68. The Balaban J connectivity index is 1.77. The molecule has 8 nitrogen and oxygen atoms in total. The summed E-state index contributed by atoms with van der Waals surface area (Å²) < 4.78 is 11.3. The number of thiocarbonyl (C=S) groups is 1. The Morgan fingerprint density at radius 3 is 2.69 bits per heavy atom. The molecule has 0 spiro atoms. The van der Waals surface area contributed by atoms with Gasteiger partial charge in [0.25, 0.3) is 0 Å². The molecule has 166 valence electrons. The van der Waals surface area contributed by atoms with Crippen LogP contribution in [0.3, 0.4) is 0 Å². The molecule has 0 fully saturated rings. The van der Waals surface area contributed by atoms with Gasteiger partial charge in [-0.1, -0.05) is 30.3 Å². The Bertz CT molecular complexity index is 1120. The van der Waals surface area contributed by atoms with Crippen molar-refractivity contribution >= 4 is 28.8 Å². The molecule has 0 amide bonds. The molecule has 0 radical (unpaired) electrons. The van der Waals surface area contributed by atoms with Crippen molar-refractivity contribution in [2.24, 2.45) is 0 Å². The lowest BCUT2D eigenvalue weighted by Gasteiger charge is -2.39. The fraction of sp³-hybridized carbons (Fsp3) is 0.304. The number of methoxy groups -OCH3 is 1. The van der Waals surface area contributed by atoms with Gasteiger partial charge in [-0.15, -0.1) is 0 Å². The number of Topliss-reactive ketones (excluding diaryl/α,β-unsaturated/α-hetero) is 1. The number of nitro benzene ring substituents is 1. The molecular formula is C23H23N3O5S. The van der Waals surface area contributed by atoms with E-state index in [0.29, 0.717) is 22.7 Å². The minimum absolute atomic E-state index is 0.0177. The van der Waals surface area contributed by atoms with Crippen molar-refractivity contribution in [1.29, 1.82) is 0 Å².